The van der Waals surface area contributed by atoms with E-state index in [1.54, 1.807) is 12.1 Å². The van der Waals surface area contributed by atoms with Gasteiger partial charge in [0.15, 0.2) is 0 Å². The largest absolute Gasteiger partial charge is 0.508 e. The number of nitrogens with one attached hydrogen (secondary N) is 1. The summed E-state index contributed by atoms with van der Waals surface area (Å²) in [6.45, 7) is 6.98. The molecule has 2 nitrogen and oxygen atoms in total. The molecule has 0 aliphatic heterocycles. The minimum absolute atomic E-state index is 0.337. The predicted octanol–water partition coefficient (Wildman–Crippen LogP) is 3.22. The Morgan fingerprint density at radius 1 is 1.39 bits per heavy atom. The minimum atomic E-state index is 0.337. The Kier molecular flexibility index (Phi) is 7.62. The molecule has 1 aromatic carbocycles. The number of hydrogen-bond acceptors (Lipinski definition) is 3. The number of aryl methyl sites for hydroxylation is 1. The maximum atomic E-state index is 9.20. The van der Waals surface area contributed by atoms with Crippen molar-refractivity contribution in [2.75, 3.05) is 18.1 Å². The van der Waals surface area contributed by atoms with Crippen LogP contribution in [0.5, 0.6) is 5.75 Å². The van der Waals surface area contributed by atoms with Crippen molar-refractivity contribution in [3.05, 3.63) is 42.5 Å². The van der Waals surface area contributed by atoms with Gasteiger partial charge in [-0.3, -0.25) is 0 Å². The molecule has 3 heteroatoms. The number of rotatable bonds is 9. The molecule has 1 aromatic rings. The molecule has 0 spiro atoms. The molecule has 0 saturated carbocycles. The van der Waals surface area contributed by atoms with Crippen LogP contribution in [0.4, 0.5) is 0 Å². The van der Waals surface area contributed by atoms with Gasteiger partial charge in [-0.25, -0.2) is 0 Å². The lowest BCUT2D eigenvalue weighted by atomic mass is 10.1. The highest BCUT2D eigenvalue weighted by molar-refractivity contribution is 7.99. The van der Waals surface area contributed by atoms with Gasteiger partial charge < -0.3 is 10.4 Å². The van der Waals surface area contributed by atoms with Crippen molar-refractivity contribution in [3.63, 3.8) is 0 Å². The summed E-state index contributed by atoms with van der Waals surface area (Å²) in [5, 5.41) is 12.7. The highest BCUT2D eigenvalue weighted by Gasteiger charge is 2.01. The number of phenols is 1. The van der Waals surface area contributed by atoms with Crippen LogP contribution in [0.1, 0.15) is 18.9 Å². The Morgan fingerprint density at radius 3 is 2.78 bits per heavy atom. The number of aromatic hydroxyl groups is 1. The van der Waals surface area contributed by atoms with Crippen molar-refractivity contribution in [3.8, 4) is 5.75 Å². The standard InChI is InChI=1S/C15H23NOS/c1-3-11-18-12-10-16-13(2)4-5-14-6-8-15(17)9-7-14/h3,6-9,13,16-17H,1,4-5,10-12H2,2H3. The van der Waals surface area contributed by atoms with Crippen molar-refractivity contribution in [2.24, 2.45) is 0 Å². The van der Waals surface area contributed by atoms with E-state index in [0.29, 0.717) is 11.8 Å². The van der Waals surface area contributed by atoms with Crippen molar-refractivity contribution in [1.29, 1.82) is 0 Å². The number of thioether (sulfide) groups is 1. The van der Waals surface area contributed by atoms with Crippen LogP contribution in [0.2, 0.25) is 0 Å². The highest BCUT2D eigenvalue weighted by atomic mass is 32.2. The zero-order valence-corrected chi connectivity index (χ0v) is 11.9. The van der Waals surface area contributed by atoms with Gasteiger partial charge in [-0.2, -0.15) is 11.8 Å². The van der Waals surface area contributed by atoms with E-state index in [9.17, 15) is 5.11 Å². The summed E-state index contributed by atoms with van der Waals surface area (Å²) in [6.07, 6.45) is 4.12. The van der Waals surface area contributed by atoms with E-state index in [2.05, 4.69) is 18.8 Å². The summed E-state index contributed by atoms with van der Waals surface area (Å²) < 4.78 is 0. The molecular weight excluding hydrogens is 242 g/mol. The smallest absolute Gasteiger partial charge is 0.115 e. The minimum Gasteiger partial charge on any atom is -0.508 e. The summed E-state index contributed by atoms with van der Waals surface area (Å²) in [6, 6.07) is 8.01. The Hall–Kier alpha value is -0.930. The first-order valence-corrected chi connectivity index (χ1v) is 7.57. The molecule has 0 saturated heterocycles. The summed E-state index contributed by atoms with van der Waals surface area (Å²) in [5.74, 6) is 2.50. The molecule has 0 aliphatic carbocycles. The Balaban J connectivity index is 2.11. The molecule has 2 N–H and O–H groups in total. The van der Waals surface area contributed by atoms with Crippen molar-refractivity contribution >= 4 is 11.8 Å². The van der Waals surface area contributed by atoms with E-state index in [1.807, 2.05) is 30.0 Å². The van der Waals surface area contributed by atoms with Gasteiger partial charge in [0.1, 0.15) is 5.75 Å². The van der Waals surface area contributed by atoms with Gasteiger partial charge in [0.05, 0.1) is 0 Å². The third kappa shape index (κ3) is 6.72. The van der Waals surface area contributed by atoms with Gasteiger partial charge in [-0.05, 0) is 37.5 Å². The van der Waals surface area contributed by atoms with E-state index in [1.165, 1.54) is 5.56 Å². The fourth-order valence-corrected chi connectivity index (χ4v) is 2.29. The number of phenolic OH excluding ortho intramolecular Hbond substituents is 1. The molecule has 0 aromatic heterocycles. The van der Waals surface area contributed by atoms with Crippen LogP contribution in [-0.4, -0.2) is 29.2 Å². The fraction of sp³-hybridized carbons (Fsp3) is 0.467. The molecule has 18 heavy (non-hydrogen) atoms. The second kappa shape index (κ2) is 9.06. The predicted molar refractivity (Wildman–Crippen MR) is 81.4 cm³/mol. The first-order chi connectivity index (χ1) is 8.72. The van der Waals surface area contributed by atoms with Gasteiger partial charge in [0.25, 0.3) is 0 Å². The van der Waals surface area contributed by atoms with Crippen LogP contribution in [0.25, 0.3) is 0 Å². The quantitative estimate of drug-likeness (QED) is 0.531. The van der Waals surface area contributed by atoms with Crippen molar-refractivity contribution in [2.45, 2.75) is 25.8 Å². The summed E-state index contributed by atoms with van der Waals surface area (Å²) >= 11 is 1.90. The SMILES string of the molecule is C=CCSCCNC(C)CCc1ccc(O)cc1. The Bertz CT molecular complexity index is 337. The van der Waals surface area contributed by atoms with Gasteiger partial charge in [0.2, 0.25) is 0 Å². The van der Waals surface area contributed by atoms with E-state index in [4.69, 9.17) is 0 Å². The maximum absolute atomic E-state index is 9.20. The van der Waals surface area contributed by atoms with Gasteiger partial charge in [0, 0.05) is 24.1 Å². The summed E-state index contributed by atoms with van der Waals surface area (Å²) in [5.41, 5.74) is 1.28. The van der Waals surface area contributed by atoms with Crippen LogP contribution in [0, 0.1) is 0 Å². The molecule has 1 atom stereocenters. The first kappa shape index (κ1) is 15.1. The second-order valence-corrected chi connectivity index (χ2v) is 5.57. The van der Waals surface area contributed by atoms with Crippen molar-refractivity contribution in [1.82, 2.24) is 5.32 Å². The van der Waals surface area contributed by atoms with Gasteiger partial charge in [-0.1, -0.05) is 18.2 Å². The molecule has 1 rings (SSSR count). The topological polar surface area (TPSA) is 32.3 Å². The second-order valence-electron chi connectivity index (χ2n) is 4.42. The van der Waals surface area contributed by atoms with Gasteiger partial charge >= 0.3 is 0 Å². The highest BCUT2D eigenvalue weighted by Crippen LogP contribution is 2.11. The van der Waals surface area contributed by atoms with Gasteiger partial charge in [-0.15, -0.1) is 6.58 Å². The van der Waals surface area contributed by atoms with E-state index in [0.717, 1.165) is 30.9 Å². The lowest BCUT2D eigenvalue weighted by Gasteiger charge is -2.13. The zero-order chi connectivity index (χ0) is 13.2. The molecule has 0 radical (unpaired) electrons. The van der Waals surface area contributed by atoms with Crippen LogP contribution in [-0.2, 0) is 6.42 Å². The lowest BCUT2D eigenvalue weighted by Crippen LogP contribution is -2.28. The van der Waals surface area contributed by atoms with Crippen LogP contribution >= 0.6 is 11.8 Å². The Morgan fingerprint density at radius 2 is 2.11 bits per heavy atom. The van der Waals surface area contributed by atoms with Crippen LogP contribution in [0.15, 0.2) is 36.9 Å². The lowest BCUT2D eigenvalue weighted by molar-refractivity contribution is 0.475. The van der Waals surface area contributed by atoms with E-state index < -0.39 is 0 Å². The molecule has 100 valence electrons. The summed E-state index contributed by atoms with van der Waals surface area (Å²) in [4.78, 5) is 0. The average molecular weight is 265 g/mol. The fourth-order valence-electron chi connectivity index (χ4n) is 1.69. The molecule has 0 aliphatic rings. The molecule has 0 heterocycles. The molecule has 0 fully saturated rings. The number of hydrogen-bond donors (Lipinski definition) is 2. The zero-order valence-electron chi connectivity index (χ0n) is 11.1. The van der Waals surface area contributed by atoms with E-state index in [-0.39, 0.29) is 0 Å². The monoisotopic (exact) mass is 265 g/mol. The van der Waals surface area contributed by atoms with Crippen LogP contribution < -0.4 is 5.32 Å². The maximum Gasteiger partial charge on any atom is 0.115 e. The number of benzene rings is 1. The molecular formula is C15H23NOS. The molecule has 0 amide bonds. The molecule has 1 unspecified atom stereocenters. The van der Waals surface area contributed by atoms with Crippen molar-refractivity contribution < 1.29 is 5.11 Å². The normalized spacial score (nSPS) is 12.3. The third-order valence-electron chi connectivity index (χ3n) is 2.78. The summed E-state index contributed by atoms with van der Waals surface area (Å²) in [7, 11) is 0. The van der Waals surface area contributed by atoms with Crippen LogP contribution in [0.3, 0.4) is 0 Å². The molecule has 0 bridgehead atoms. The average Bonchev–Trinajstić information content (AvgIpc) is 2.38. The Labute approximate surface area is 114 Å². The third-order valence-corrected chi connectivity index (χ3v) is 3.74. The van der Waals surface area contributed by atoms with E-state index >= 15 is 0 Å². The first-order valence-electron chi connectivity index (χ1n) is 6.42.